The van der Waals surface area contributed by atoms with Crippen LogP contribution in [0.1, 0.15) is 18.2 Å². The monoisotopic (exact) mass is 306 g/mol. The number of halogens is 1. The zero-order valence-electron chi connectivity index (χ0n) is 10.2. The van der Waals surface area contributed by atoms with E-state index in [1.807, 2.05) is 12.1 Å². The van der Waals surface area contributed by atoms with E-state index in [1.165, 1.54) is 5.56 Å². The van der Waals surface area contributed by atoms with Crippen molar-refractivity contribution in [3.05, 3.63) is 46.3 Å². The normalized spacial score (nSPS) is 10.3. The molecule has 0 amide bonds. The molecule has 0 aliphatic heterocycles. The molecule has 0 atom stereocenters. The highest BCUT2D eigenvalue weighted by molar-refractivity contribution is 9.10. The number of hydrogen-bond donors (Lipinski definition) is 2. The van der Waals surface area contributed by atoms with Crippen molar-refractivity contribution in [1.82, 2.24) is 9.97 Å². The van der Waals surface area contributed by atoms with E-state index in [-0.39, 0.29) is 0 Å². The summed E-state index contributed by atoms with van der Waals surface area (Å²) >= 11 is 3.33. The van der Waals surface area contributed by atoms with Gasteiger partial charge in [-0.2, -0.15) is 0 Å². The predicted octanol–water partition coefficient (Wildman–Crippen LogP) is 3.00. The van der Waals surface area contributed by atoms with Crippen LogP contribution in [-0.4, -0.2) is 9.97 Å². The topological polar surface area (TPSA) is 63.8 Å². The quantitative estimate of drug-likeness (QED) is 0.911. The van der Waals surface area contributed by atoms with Gasteiger partial charge < -0.3 is 11.1 Å². The first kappa shape index (κ1) is 12.8. The summed E-state index contributed by atoms with van der Waals surface area (Å²) in [6.45, 7) is 2.75. The number of aromatic nitrogens is 2. The number of nitrogen functional groups attached to an aromatic ring is 1. The van der Waals surface area contributed by atoms with E-state index < -0.39 is 0 Å². The number of anilines is 2. The highest BCUT2D eigenvalue weighted by atomic mass is 79.9. The Kier molecular flexibility index (Phi) is 4.15. The SMILES string of the molecule is CCc1cccnc1CNc1ncc(Br)cc1N. The molecule has 2 aromatic rings. The molecule has 4 nitrogen and oxygen atoms in total. The van der Waals surface area contributed by atoms with Gasteiger partial charge in [0.15, 0.2) is 0 Å². The van der Waals surface area contributed by atoms with E-state index in [0.717, 1.165) is 16.6 Å². The van der Waals surface area contributed by atoms with E-state index in [2.05, 4.69) is 44.2 Å². The summed E-state index contributed by atoms with van der Waals surface area (Å²) in [6.07, 6.45) is 4.49. The molecule has 94 valence electrons. The van der Waals surface area contributed by atoms with E-state index in [4.69, 9.17) is 5.73 Å². The average molecular weight is 307 g/mol. The molecule has 2 rings (SSSR count). The van der Waals surface area contributed by atoms with Crippen molar-refractivity contribution >= 4 is 27.4 Å². The Labute approximate surface area is 115 Å². The number of nitrogens with one attached hydrogen (secondary N) is 1. The summed E-state index contributed by atoms with van der Waals surface area (Å²) in [6, 6.07) is 5.87. The first-order valence-electron chi connectivity index (χ1n) is 5.78. The number of aryl methyl sites for hydroxylation is 1. The molecule has 0 aliphatic rings. The van der Waals surface area contributed by atoms with Crippen molar-refractivity contribution in [2.45, 2.75) is 19.9 Å². The van der Waals surface area contributed by atoms with Crippen LogP contribution in [0, 0.1) is 0 Å². The van der Waals surface area contributed by atoms with Crippen LogP contribution in [0.2, 0.25) is 0 Å². The third-order valence-corrected chi connectivity index (χ3v) is 3.11. The minimum absolute atomic E-state index is 0.623. The Morgan fingerprint density at radius 2 is 2.22 bits per heavy atom. The van der Waals surface area contributed by atoms with Gasteiger partial charge in [-0.25, -0.2) is 4.98 Å². The maximum Gasteiger partial charge on any atom is 0.149 e. The van der Waals surface area contributed by atoms with Crippen LogP contribution in [0.15, 0.2) is 35.1 Å². The van der Waals surface area contributed by atoms with Crippen molar-refractivity contribution in [3.63, 3.8) is 0 Å². The molecular formula is C13H15BrN4. The molecule has 0 saturated carbocycles. The first-order valence-corrected chi connectivity index (χ1v) is 6.57. The van der Waals surface area contributed by atoms with E-state index in [9.17, 15) is 0 Å². The van der Waals surface area contributed by atoms with Gasteiger partial charge in [-0.1, -0.05) is 13.0 Å². The summed E-state index contributed by atoms with van der Waals surface area (Å²) in [5.41, 5.74) is 8.77. The van der Waals surface area contributed by atoms with Gasteiger partial charge in [0.1, 0.15) is 5.82 Å². The van der Waals surface area contributed by atoms with Crippen molar-refractivity contribution in [2.75, 3.05) is 11.1 Å². The van der Waals surface area contributed by atoms with Crippen molar-refractivity contribution < 1.29 is 0 Å². The zero-order chi connectivity index (χ0) is 13.0. The third kappa shape index (κ3) is 2.98. The smallest absolute Gasteiger partial charge is 0.149 e. The van der Waals surface area contributed by atoms with E-state index >= 15 is 0 Å². The molecular weight excluding hydrogens is 292 g/mol. The molecule has 18 heavy (non-hydrogen) atoms. The summed E-state index contributed by atoms with van der Waals surface area (Å²) < 4.78 is 0.873. The number of pyridine rings is 2. The van der Waals surface area contributed by atoms with Gasteiger partial charge in [-0.3, -0.25) is 4.98 Å². The number of rotatable bonds is 4. The largest absolute Gasteiger partial charge is 0.396 e. The van der Waals surface area contributed by atoms with Crippen LogP contribution in [0.4, 0.5) is 11.5 Å². The highest BCUT2D eigenvalue weighted by Gasteiger charge is 2.04. The van der Waals surface area contributed by atoms with Gasteiger partial charge in [0.25, 0.3) is 0 Å². The molecule has 0 aromatic carbocycles. The molecule has 0 bridgehead atoms. The van der Waals surface area contributed by atoms with Crippen LogP contribution in [-0.2, 0) is 13.0 Å². The fourth-order valence-corrected chi connectivity index (χ4v) is 2.07. The lowest BCUT2D eigenvalue weighted by molar-refractivity contribution is 0.965. The minimum atomic E-state index is 0.623. The molecule has 0 saturated heterocycles. The van der Waals surface area contributed by atoms with Crippen molar-refractivity contribution in [2.24, 2.45) is 0 Å². The molecule has 0 spiro atoms. The second-order valence-electron chi connectivity index (χ2n) is 3.91. The van der Waals surface area contributed by atoms with Crippen LogP contribution < -0.4 is 11.1 Å². The van der Waals surface area contributed by atoms with Gasteiger partial charge in [0.05, 0.1) is 17.9 Å². The fourth-order valence-electron chi connectivity index (χ4n) is 1.72. The zero-order valence-corrected chi connectivity index (χ0v) is 11.7. The fraction of sp³-hybridized carbons (Fsp3) is 0.231. The molecule has 0 fully saturated rings. The lowest BCUT2D eigenvalue weighted by atomic mass is 10.1. The summed E-state index contributed by atoms with van der Waals surface area (Å²) in [5, 5.41) is 3.21. The van der Waals surface area contributed by atoms with Gasteiger partial charge in [0.2, 0.25) is 0 Å². The van der Waals surface area contributed by atoms with Gasteiger partial charge in [-0.05, 0) is 40.0 Å². The highest BCUT2D eigenvalue weighted by Crippen LogP contribution is 2.20. The molecule has 2 heterocycles. The van der Waals surface area contributed by atoms with Crippen LogP contribution in [0.5, 0.6) is 0 Å². The summed E-state index contributed by atoms with van der Waals surface area (Å²) in [7, 11) is 0. The molecule has 3 N–H and O–H groups in total. The lowest BCUT2D eigenvalue weighted by Crippen LogP contribution is -2.07. The second-order valence-corrected chi connectivity index (χ2v) is 4.82. The van der Waals surface area contributed by atoms with Crippen LogP contribution >= 0.6 is 15.9 Å². The van der Waals surface area contributed by atoms with Crippen LogP contribution in [0.3, 0.4) is 0 Å². The summed E-state index contributed by atoms with van der Waals surface area (Å²) in [5.74, 6) is 0.686. The molecule has 2 aromatic heterocycles. The third-order valence-electron chi connectivity index (χ3n) is 2.67. The van der Waals surface area contributed by atoms with Gasteiger partial charge >= 0.3 is 0 Å². The molecule has 0 unspecified atom stereocenters. The maximum atomic E-state index is 5.88. The number of hydrogen-bond acceptors (Lipinski definition) is 4. The second kappa shape index (κ2) is 5.82. The van der Waals surface area contributed by atoms with E-state index in [0.29, 0.717) is 18.1 Å². The Balaban J connectivity index is 2.11. The van der Waals surface area contributed by atoms with Crippen LogP contribution in [0.25, 0.3) is 0 Å². The summed E-state index contributed by atoms with van der Waals surface area (Å²) in [4.78, 5) is 8.61. The van der Waals surface area contributed by atoms with Gasteiger partial charge in [-0.15, -0.1) is 0 Å². The van der Waals surface area contributed by atoms with Crippen molar-refractivity contribution in [1.29, 1.82) is 0 Å². The predicted molar refractivity (Wildman–Crippen MR) is 77.3 cm³/mol. The Bertz CT molecular complexity index is 542. The molecule has 0 radical (unpaired) electrons. The average Bonchev–Trinajstić information content (AvgIpc) is 2.38. The Morgan fingerprint density at radius 1 is 1.39 bits per heavy atom. The minimum Gasteiger partial charge on any atom is -0.396 e. The standard InChI is InChI=1S/C13H15BrN4/c1-2-9-4-3-5-16-12(9)8-18-13-11(15)6-10(14)7-17-13/h3-7H,2,8,15H2,1H3,(H,17,18). The Hall–Kier alpha value is -1.62. The number of nitrogens with two attached hydrogens (primary N) is 1. The molecule has 5 heteroatoms. The van der Waals surface area contributed by atoms with E-state index in [1.54, 1.807) is 12.4 Å². The van der Waals surface area contributed by atoms with Gasteiger partial charge in [0, 0.05) is 16.9 Å². The Morgan fingerprint density at radius 3 is 2.94 bits per heavy atom. The molecule has 0 aliphatic carbocycles. The van der Waals surface area contributed by atoms with Crippen molar-refractivity contribution in [3.8, 4) is 0 Å². The number of nitrogens with zero attached hydrogens (tertiary/aromatic N) is 2. The maximum absolute atomic E-state index is 5.88. The lowest BCUT2D eigenvalue weighted by Gasteiger charge is -2.10. The first-order chi connectivity index (χ1) is 8.70.